The fourth-order valence-corrected chi connectivity index (χ4v) is 2.22. The molecular weight excluding hydrogens is 344 g/mol. The highest BCUT2D eigenvalue weighted by Gasteiger charge is 2.15. The SMILES string of the molecule is CCCNc1nc(C)cc(C(=O)Nc2cc(C(=O)OC)ccc2Cl)n1. The van der Waals surface area contributed by atoms with Crippen molar-refractivity contribution in [3.63, 3.8) is 0 Å². The molecule has 2 aromatic rings. The first-order chi connectivity index (χ1) is 11.9. The van der Waals surface area contributed by atoms with Crippen molar-refractivity contribution >= 4 is 35.1 Å². The van der Waals surface area contributed by atoms with E-state index in [1.54, 1.807) is 13.0 Å². The number of carbonyl (C=O) groups excluding carboxylic acids is 2. The topological polar surface area (TPSA) is 93.2 Å². The zero-order valence-electron chi connectivity index (χ0n) is 14.2. The van der Waals surface area contributed by atoms with Gasteiger partial charge in [0.05, 0.1) is 23.4 Å². The maximum Gasteiger partial charge on any atom is 0.337 e. The van der Waals surface area contributed by atoms with Crippen LogP contribution in [0.3, 0.4) is 0 Å². The largest absolute Gasteiger partial charge is 0.465 e. The second-order valence-corrected chi connectivity index (χ2v) is 5.69. The summed E-state index contributed by atoms with van der Waals surface area (Å²) in [6, 6.07) is 6.06. The van der Waals surface area contributed by atoms with Crippen LogP contribution in [0.15, 0.2) is 24.3 Å². The summed E-state index contributed by atoms with van der Waals surface area (Å²) >= 11 is 6.09. The number of methoxy groups -OCH3 is 1. The zero-order valence-corrected chi connectivity index (χ0v) is 15.0. The Bertz CT molecular complexity index is 795. The highest BCUT2D eigenvalue weighted by atomic mass is 35.5. The minimum absolute atomic E-state index is 0.200. The van der Waals surface area contributed by atoms with Gasteiger partial charge < -0.3 is 15.4 Å². The maximum atomic E-state index is 12.5. The zero-order chi connectivity index (χ0) is 18.4. The van der Waals surface area contributed by atoms with Gasteiger partial charge in [-0.05, 0) is 37.6 Å². The molecule has 0 saturated carbocycles. The molecule has 0 spiro atoms. The molecule has 0 aliphatic rings. The first-order valence-electron chi connectivity index (χ1n) is 7.73. The van der Waals surface area contributed by atoms with Crippen molar-refractivity contribution in [1.29, 1.82) is 0 Å². The Morgan fingerprint density at radius 2 is 2.00 bits per heavy atom. The highest BCUT2D eigenvalue weighted by Crippen LogP contribution is 2.24. The van der Waals surface area contributed by atoms with Gasteiger partial charge >= 0.3 is 5.97 Å². The molecule has 2 rings (SSSR count). The minimum atomic E-state index is -0.518. The Balaban J connectivity index is 2.25. The maximum absolute atomic E-state index is 12.5. The van der Waals surface area contributed by atoms with E-state index in [1.165, 1.54) is 25.3 Å². The second-order valence-electron chi connectivity index (χ2n) is 5.29. The Hall–Kier alpha value is -2.67. The van der Waals surface area contributed by atoms with Crippen LogP contribution in [-0.2, 0) is 4.74 Å². The third-order valence-electron chi connectivity index (χ3n) is 3.26. The molecular formula is C17H19ClN4O3. The third kappa shape index (κ3) is 4.90. The molecule has 1 amide bonds. The van der Waals surface area contributed by atoms with E-state index in [1.807, 2.05) is 6.92 Å². The van der Waals surface area contributed by atoms with E-state index in [-0.39, 0.29) is 11.3 Å². The number of benzene rings is 1. The van der Waals surface area contributed by atoms with Crippen LogP contribution in [0, 0.1) is 6.92 Å². The molecule has 7 nitrogen and oxygen atoms in total. The van der Waals surface area contributed by atoms with Crippen molar-refractivity contribution in [2.75, 3.05) is 24.3 Å². The van der Waals surface area contributed by atoms with Crippen molar-refractivity contribution in [3.05, 3.63) is 46.2 Å². The number of nitrogens with zero attached hydrogens (tertiary/aromatic N) is 2. The van der Waals surface area contributed by atoms with Gasteiger partial charge in [-0.15, -0.1) is 0 Å². The van der Waals surface area contributed by atoms with E-state index in [2.05, 4.69) is 25.3 Å². The van der Waals surface area contributed by atoms with E-state index in [4.69, 9.17) is 11.6 Å². The predicted octanol–water partition coefficient (Wildman–Crippen LogP) is 3.30. The summed E-state index contributed by atoms with van der Waals surface area (Å²) in [4.78, 5) is 32.5. The van der Waals surface area contributed by atoms with Crippen LogP contribution in [0.25, 0.3) is 0 Å². The number of hydrogen-bond acceptors (Lipinski definition) is 6. The summed E-state index contributed by atoms with van der Waals surface area (Å²) in [6.45, 7) is 4.50. The fraction of sp³-hybridized carbons (Fsp3) is 0.294. The van der Waals surface area contributed by atoms with Crippen LogP contribution in [-0.4, -0.2) is 35.5 Å². The summed E-state index contributed by atoms with van der Waals surface area (Å²) in [5, 5.41) is 6.01. The van der Waals surface area contributed by atoms with Crippen LogP contribution in [0.5, 0.6) is 0 Å². The molecule has 0 aliphatic carbocycles. The minimum Gasteiger partial charge on any atom is -0.465 e. The van der Waals surface area contributed by atoms with Crippen molar-refractivity contribution in [2.45, 2.75) is 20.3 Å². The van der Waals surface area contributed by atoms with Crippen LogP contribution >= 0.6 is 11.6 Å². The van der Waals surface area contributed by atoms with Gasteiger partial charge in [-0.3, -0.25) is 4.79 Å². The number of anilines is 2. The Morgan fingerprint density at radius 1 is 1.24 bits per heavy atom. The Labute approximate surface area is 150 Å². The lowest BCUT2D eigenvalue weighted by molar-refractivity contribution is 0.0600. The molecule has 0 saturated heterocycles. The van der Waals surface area contributed by atoms with Gasteiger partial charge in [0, 0.05) is 12.2 Å². The number of rotatable bonds is 6. The Kier molecular flexibility index (Phi) is 6.30. The number of amides is 1. The number of carbonyl (C=O) groups is 2. The van der Waals surface area contributed by atoms with E-state index < -0.39 is 11.9 Å². The molecule has 1 heterocycles. The summed E-state index contributed by atoms with van der Waals surface area (Å²) in [5.74, 6) is -0.577. The van der Waals surface area contributed by atoms with E-state index in [0.29, 0.717) is 28.9 Å². The fourth-order valence-electron chi connectivity index (χ4n) is 2.05. The van der Waals surface area contributed by atoms with E-state index in [9.17, 15) is 9.59 Å². The number of aromatic nitrogens is 2. The van der Waals surface area contributed by atoms with Crippen LogP contribution < -0.4 is 10.6 Å². The second kappa shape index (κ2) is 8.43. The number of esters is 1. The number of hydrogen-bond donors (Lipinski definition) is 2. The molecule has 0 bridgehead atoms. The van der Waals surface area contributed by atoms with E-state index in [0.717, 1.165) is 6.42 Å². The monoisotopic (exact) mass is 362 g/mol. The summed E-state index contributed by atoms with van der Waals surface area (Å²) in [7, 11) is 1.28. The standard InChI is InChI=1S/C17H19ClN4O3/c1-4-7-19-17-20-10(2)8-14(22-17)15(23)21-13-9-11(16(24)25-3)5-6-12(13)18/h5-6,8-9H,4,7H2,1-3H3,(H,21,23)(H,19,20,22). The Morgan fingerprint density at radius 3 is 2.68 bits per heavy atom. The molecule has 0 unspecified atom stereocenters. The van der Waals surface area contributed by atoms with Gasteiger partial charge in [0.1, 0.15) is 5.69 Å². The van der Waals surface area contributed by atoms with Crippen molar-refractivity contribution in [1.82, 2.24) is 9.97 Å². The number of aryl methyl sites for hydroxylation is 1. The lowest BCUT2D eigenvalue weighted by atomic mass is 10.2. The molecule has 8 heteroatoms. The van der Waals surface area contributed by atoms with Gasteiger partial charge in [-0.2, -0.15) is 0 Å². The first-order valence-corrected chi connectivity index (χ1v) is 8.11. The molecule has 2 N–H and O–H groups in total. The van der Waals surface area contributed by atoms with Crippen LogP contribution in [0.4, 0.5) is 11.6 Å². The van der Waals surface area contributed by atoms with E-state index >= 15 is 0 Å². The number of nitrogens with one attached hydrogen (secondary N) is 2. The van der Waals surface area contributed by atoms with Crippen LogP contribution in [0.1, 0.15) is 39.9 Å². The molecule has 0 fully saturated rings. The smallest absolute Gasteiger partial charge is 0.337 e. The molecule has 0 aliphatic heterocycles. The number of ether oxygens (including phenoxy) is 1. The number of halogens is 1. The van der Waals surface area contributed by atoms with Gasteiger partial charge in [0.2, 0.25) is 5.95 Å². The predicted molar refractivity (Wildman–Crippen MR) is 96.3 cm³/mol. The summed E-state index contributed by atoms with van der Waals surface area (Å²) in [6.07, 6.45) is 0.911. The summed E-state index contributed by atoms with van der Waals surface area (Å²) < 4.78 is 4.67. The van der Waals surface area contributed by atoms with Crippen molar-refractivity contribution in [2.24, 2.45) is 0 Å². The lowest BCUT2D eigenvalue weighted by Crippen LogP contribution is -2.17. The quantitative estimate of drug-likeness (QED) is 0.766. The molecule has 0 atom stereocenters. The van der Waals surface area contributed by atoms with Gasteiger partial charge in [0.25, 0.3) is 5.91 Å². The first kappa shape index (κ1) is 18.7. The van der Waals surface area contributed by atoms with Gasteiger partial charge in [-0.25, -0.2) is 14.8 Å². The third-order valence-corrected chi connectivity index (χ3v) is 3.59. The molecule has 132 valence electrons. The van der Waals surface area contributed by atoms with Gasteiger partial charge in [-0.1, -0.05) is 18.5 Å². The molecule has 1 aromatic carbocycles. The average Bonchev–Trinajstić information content (AvgIpc) is 2.60. The summed E-state index contributed by atoms with van der Waals surface area (Å²) in [5.41, 5.74) is 1.44. The highest BCUT2D eigenvalue weighted by molar-refractivity contribution is 6.34. The van der Waals surface area contributed by atoms with Crippen LogP contribution in [0.2, 0.25) is 5.02 Å². The molecule has 1 aromatic heterocycles. The normalized spacial score (nSPS) is 10.2. The van der Waals surface area contributed by atoms with Crippen molar-refractivity contribution in [3.8, 4) is 0 Å². The molecule has 0 radical (unpaired) electrons. The molecule has 25 heavy (non-hydrogen) atoms. The average molecular weight is 363 g/mol. The van der Waals surface area contributed by atoms with Gasteiger partial charge in [0.15, 0.2) is 0 Å². The van der Waals surface area contributed by atoms with Crippen molar-refractivity contribution < 1.29 is 14.3 Å². The lowest BCUT2D eigenvalue weighted by Gasteiger charge is -2.10.